The molecular formula is C19H15ClFNO3. The number of nitrogens with one attached hydrogen (secondary N) is 1. The molecule has 0 bridgehead atoms. The Kier molecular flexibility index (Phi) is 4.86. The number of rotatable bonds is 4. The molecule has 6 heteroatoms. The van der Waals surface area contributed by atoms with E-state index in [1.165, 1.54) is 18.3 Å². The van der Waals surface area contributed by atoms with Crippen molar-refractivity contribution in [3.63, 3.8) is 0 Å². The van der Waals surface area contributed by atoms with Gasteiger partial charge in [0.25, 0.3) is 0 Å². The second kappa shape index (κ2) is 7.07. The van der Waals surface area contributed by atoms with E-state index in [9.17, 15) is 14.0 Å². The topological polar surface area (TPSA) is 59.2 Å². The smallest absolute Gasteiger partial charge is 0.343 e. The third-order valence-electron chi connectivity index (χ3n) is 3.85. The highest BCUT2D eigenvalue weighted by molar-refractivity contribution is 6.31. The third kappa shape index (κ3) is 3.56. The molecule has 0 radical (unpaired) electrons. The molecule has 1 heterocycles. The Morgan fingerprint density at radius 3 is 2.76 bits per heavy atom. The van der Waals surface area contributed by atoms with Crippen molar-refractivity contribution in [3.05, 3.63) is 80.3 Å². The zero-order chi connectivity index (χ0) is 18.0. The fourth-order valence-electron chi connectivity index (χ4n) is 2.62. The minimum absolute atomic E-state index is 0.0358. The molecule has 25 heavy (non-hydrogen) atoms. The average Bonchev–Trinajstić information content (AvgIpc) is 2.58. The highest BCUT2D eigenvalue weighted by Crippen LogP contribution is 2.22. The van der Waals surface area contributed by atoms with Crippen LogP contribution in [0.4, 0.5) is 4.39 Å². The van der Waals surface area contributed by atoms with E-state index in [0.29, 0.717) is 22.3 Å². The number of hydrogen-bond acceptors (Lipinski definition) is 3. The van der Waals surface area contributed by atoms with Crippen LogP contribution in [0.3, 0.4) is 0 Å². The Hall–Kier alpha value is -2.66. The molecule has 0 spiro atoms. The van der Waals surface area contributed by atoms with Crippen LogP contribution in [0.15, 0.2) is 47.4 Å². The molecule has 128 valence electrons. The summed E-state index contributed by atoms with van der Waals surface area (Å²) in [6, 6.07) is 9.52. The lowest BCUT2D eigenvalue weighted by Gasteiger charge is -2.07. The molecule has 1 N–H and O–H groups in total. The van der Waals surface area contributed by atoms with Crippen LogP contribution in [0.25, 0.3) is 10.9 Å². The monoisotopic (exact) mass is 359 g/mol. The fraction of sp³-hybridized carbons (Fsp3) is 0.158. The maximum atomic E-state index is 13.2. The average molecular weight is 360 g/mol. The molecule has 3 aromatic rings. The number of benzene rings is 2. The van der Waals surface area contributed by atoms with Crippen LogP contribution in [0, 0.1) is 5.82 Å². The van der Waals surface area contributed by atoms with Gasteiger partial charge in [0, 0.05) is 22.1 Å². The van der Waals surface area contributed by atoms with E-state index in [2.05, 4.69) is 4.98 Å². The van der Waals surface area contributed by atoms with Crippen molar-refractivity contribution < 1.29 is 13.9 Å². The van der Waals surface area contributed by atoms with Gasteiger partial charge in [0.2, 0.25) is 5.43 Å². The van der Waals surface area contributed by atoms with Gasteiger partial charge in [-0.05, 0) is 48.7 Å². The van der Waals surface area contributed by atoms with Crippen LogP contribution in [-0.2, 0) is 11.2 Å². The lowest BCUT2D eigenvalue weighted by molar-refractivity contribution is 0.0524. The quantitative estimate of drug-likeness (QED) is 0.714. The molecule has 0 aliphatic heterocycles. The zero-order valence-corrected chi connectivity index (χ0v) is 14.2. The van der Waals surface area contributed by atoms with Gasteiger partial charge in [-0.1, -0.05) is 23.7 Å². The van der Waals surface area contributed by atoms with Crippen LogP contribution in [0.5, 0.6) is 0 Å². The lowest BCUT2D eigenvalue weighted by Crippen LogP contribution is -2.18. The van der Waals surface area contributed by atoms with Crippen molar-refractivity contribution >= 4 is 28.5 Å². The van der Waals surface area contributed by atoms with Gasteiger partial charge in [-0.15, -0.1) is 0 Å². The van der Waals surface area contributed by atoms with E-state index in [4.69, 9.17) is 16.3 Å². The normalized spacial score (nSPS) is 10.8. The van der Waals surface area contributed by atoms with Gasteiger partial charge in [-0.2, -0.15) is 0 Å². The van der Waals surface area contributed by atoms with E-state index in [0.717, 1.165) is 11.1 Å². The summed E-state index contributed by atoms with van der Waals surface area (Å²) in [5.41, 5.74) is 1.77. The lowest BCUT2D eigenvalue weighted by atomic mass is 10.0. The Morgan fingerprint density at radius 2 is 2.04 bits per heavy atom. The molecule has 0 aliphatic rings. The number of pyridine rings is 1. The Bertz CT molecular complexity index is 1010. The van der Waals surface area contributed by atoms with Crippen LogP contribution in [-0.4, -0.2) is 17.6 Å². The van der Waals surface area contributed by atoms with Gasteiger partial charge < -0.3 is 9.72 Å². The number of fused-ring (bicyclic) bond motifs is 1. The predicted molar refractivity (Wildman–Crippen MR) is 94.7 cm³/mol. The largest absolute Gasteiger partial charge is 0.462 e. The Labute approximate surface area is 148 Å². The van der Waals surface area contributed by atoms with Gasteiger partial charge in [0.05, 0.1) is 6.61 Å². The Morgan fingerprint density at radius 1 is 1.24 bits per heavy atom. The summed E-state index contributed by atoms with van der Waals surface area (Å²) in [5, 5.41) is 0.718. The number of aromatic nitrogens is 1. The fourth-order valence-corrected chi connectivity index (χ4v) is 2.86. The first-order chi connectivity index (χ1) is 12.0. The molecule has 0 unspecified atom stereocenters. The second-order valence-electron chi connectivity index (χ2n) is 5.54. The maximum absolute atomic E-state index is 13.2. The summed E-state index contributed by atoms with van der Waals surface area (Å²) in [6.45, 7) is 1.87. The van der Waals surface area contributed by atoms with Crippen molar-refractivity contribution in [2.75, 3.05) is 6.61 Å². The molecule has 0 atom stereocenters. The number of carbonyl (C=O) groups is 1. The molecule has 3 rings (SSSR count). The SMILES string of the molecule is CCOC(=O)c1c[nH]c2ccc(Cc3ccc(F)cc3Cl)cc2c1=O. The number of aromatic amines is 1. The van der Waals surface area contributed by atoms with Crippen molar-refractivity contribution in [2.45, 2.75) is 13.3 Å². The van der Waals surface area contributed by atoms with Gasteiger partial charge >= 0.3 is 5.97 Å². The summed E-state index contributed by atoms with van der Waals surface area (Å²) in [7, 11) is 0. The van der Waals surface area contributed by atoms with Crippen molar-refractivity contribution in [1.29, 1.82) is 0 Å². The highest BCUT2D eigenvalue weighted by Gasteiger charge is 2.14. The molecule has 0 amide bonds. The number of halogens is 2. The van der Waals surface area contributed by atoms with E-state index in [1.54, 1.807) is 25.1 Å². The first-order valence-corrected chi connectivity index (χ1v) is 8.12. The summed E-state index contributed by atoms with van der Waals surface area (Å²) in [4.78, 5) is 27.4. The number of carbonyl (C=O) groups excluding carboxylic acids is 1. The summed E-state index contributed by atoms with van der Waals surface area (Å²) in [6.07, 6.45) is 1.80. The maximum Gasteiger partial charge on any atom is 0.343 e. The predicted octanol–water partition coefficient (Wildman–Crippen LogP) is 4.09. The number of esters is 1. The molecule has 0 saturated heterocycles. The molecule has 2 aromatic carbocycles. The second-order valence-corrected chi connectivity index (χ2v) is 5.95. The molecular weight excluding hydrogens is 345 g/mol. The zero-order valence-electron chi connectivity index (χ0n) is 13.4. The third-order valence-corrected chi connectivity index (χ3v) is 4.20. The number of H-pyrrole nitrogens is 1. The minimum Gasteiger partial charge on any atom is -0.462 e. The van der Waals surface area contributed by atoms with E-state index in [1.807, 2.05) is 6.07 Å². The van der Waals surface area contributed by atoms with Gasteiger partial charge in [0.15, 0.2) is 0 Å². The van der Waals surface area contributed by atoms with Crippen molar-refractivity contribution in [2.24, 2.45) is 0 Å². The number of ether oxygens (including phenoxy) is 1. The summed E-state index contributed by atoms with van der Waals surface area (Å²) in [5.74, 6) is -1.06. The van der Waals surface area contributed by atoms with E-state index in [-0.39, 0.29) is 17.6 Å². The van der Waals surface area contributed by atoms with Crippen molar-refractivity contribution in [1.82, 2.24) is 4.98 Å². The molecule has 1 aromatic heterocycles. The first kappa shape index (κ1) is 17.2. The standard InChI is InChI=1S/C19H15ClFNO3/c1-2-25-19(24)15-10-22-17-6-3-11(8-14(17)18(15)23)7-12-4-5-13(21)9-16(12)20/h3-6,8-10H,2,7H2,1H3,(H,22,23). The molecule has 0 fully saturated rings. The van der Waals surface area contributed by atoms with Crippen LogP contribution in [0.1, 0.15) is 28.4 Å². The number of hydrogen-bond donors (Lipinski definition) is 1. The van der Waals surface area contributed by atoms with Crippen LogP contribution >= 0.6 is 11.6 Å². The molecule has 0 saturated carbocycles. The van der Waals surface area contributed by atoms with Crippen LogP contribution < -0.4 is 5.43 Å². The summed E-state index contributed by atoms with van der Waals surface area (Å²) >= 11 is 6.06. The van der Waals surface area contributed by atoms with Gasteiger partial charge in [-0.3, -0.25) is 4.79 Å². The van der Waals surface area contributed by atoms with Crippen LogP contribution in [0.2, 0.25) is 5.02 Å². The van der Waals surface area contributed by atoms with Gasteiger partial charge in [-0.25, -0.2) is 9.18 Å². The minimum atomic E-state index is -0.655. The van der Waals surface area contributed by atoms with Crippen molar-refractivity contribution in [3.8, 4) is 0 Å². The van der Waals surface area contributed by atoms with Gasteiger partial charge in [0.1, 0.15) is 11.4 Å². The molecule has 0 aliphatic carbocycles. The molecule has 4 nitrogen and oxygen atoms in total. The Balaban J connectivity index is 2.02. The van der Waals surface area contributed by atoms with E-state index < -0.39 is 11.8 Å². The van der Waals surface area contributed by atoms with E-state index >= 15 is 0 Å². The highest BCUT2D eigenvalue weighted by atomic mass is 35.5. The first-order valence-electron chi connectivity index (χ1n) is 7.75. The summed E-state index contributed by atoms with van der Waals surface area (Å²) < 4.78 is 18.1.